The predicted molar refractivity (Wildman–Crippen MR) is 113 cm³/mol. The molecular formula is C20H32N4O4S. The molecule has 0 radical (unpaired) electrons. The van der Waals surface area contributed by atoms with Crippen LogP contribution in [0.4, 0.5) is 5.69 Å². The van der Waals surface area contributed by atoms with Gasteiger partial charge in [-0.1, -0.05) is 19.9 Å². The third-order valence-corrected chi connectivity index (χ3v) is 7.26. The smallest absolute Gasteiger partial charge is 0.241 e. The molecule has 1 saturated heterocycles. The van der Waals surface area contributed by atoms with E-state index in [0.717, 1.165) is 18.7 Å². The van der Waals surface area contributed by atoms with E-state index >= 15 is 0 Å². The Morgan fingerprint density at radius 3 is 2.76 bits per heavy atom. The van der Waals surface area contributed by atoms with Gasteiger partial charge >= 0.3 is 0 Å². The summed E-state index contributed by atoms with van der Waals surface area (Å²) in [5.41, 5.74) is 1.43. The van der Waals surface area contributed by atoms with Gasteiger partial charge in [-0.25, -0.2) is 13.1 Å². The summed E-state index contributed by atoms with van der Waals surface area (Å²) in [4.78, 5) is 17.4. The number of carbonyl (C=O) groups excluding carboxylic acids is 1. The molecule has 2 heterocycles. The van der Waals surface area contributed by atoms with Crippen LogP contribution in [-0.2, 0) is 25.0 Å². The number of piperazine rings is 1. The van der Waals surface area contributed by atoms with Crippen molar-refractivity contribution in [1.82, 2.24) is 14.9 Å². The number of benzene rings is 1. The molecule has 0 aromatic heterocycles. The van der Waals surface area contributed by atoms with E-state index in [4.69, 9.17) is 4.74 Å². The molecule has 2 N–H and O–H groups in total. The monoisotopic (exact) mass is 424 g/mol. The van der Waals surface area contributed by atoms with Crippen LogP contribution in [0.25, 0.3) is 0 Å². The van der Waals surface area contributed by atoms with Crippen molar-refractivity contribution in [2.75, 3.05) is 51.8 Å². The lowest BCUT2D eigenvalue weighted by molar-refractivity contribution is -0.121. The first-order valence-electron chi connectivity index (χ1n) is 9.94. The van der Waals surface area contributed by atoms with Crippen molar-refractivity contribution in [1.29, 1.82) is 0 Å². The Balaban J connectivity index is 1.88. The van der Waals surface area contributed by atoms with Crippen LogP contribution in [0.15, 0.2) is 23.1 Å². The minimum atomic E-state index is -3.58. The minimum Gasteiger partial charge on any atom is -0.383 e. The number of nitrogens with zero attached hydrogens (tertiary/aromatic N) is 2. The molecule has 0 unspecified atom stereocenters. The number of ether oxygens (including phenoxy) is 1. The van der Waals surface area contributed by atoms with E-state index in [-0.39, 0.29) is 28.8 Å². The first-order valence-corrected chi connectivity index (χ1v) is 11.4. The molecule has 0 saturated carbocycles. The minimum absolute atomic E-state index is 0.0222. The van der Waals surface area contributed by atoms with Crippen LogP contribution in [-0.4, -0.2) is 78.3 Å². The summed E-state index contributed by atoms with van der Waals surface area (Å²) in [5.74, 6) is -0.0222. The van der Waals surface area contributed by atoms with Crippen molar-refractivity contribution < 1.29 is 17.9 Å². The van der Waals surface area contributed by atoms with Gasteiger partial charge in [-0.3, -0.25) is 9.69 Å². The molecule has 2 atom stereocenters. The Hall–Kier alpha value is -1.52. The van der Waals surface area contributed by atoms with E-state index < -0.39 is 10.0 Å². The second-order valence-corrected chi connectivity index (χ2v) is 10.5. The number of hydrogen-bond donors (Lipinski definition) is 2. The average molecular weight is 425 g/mol. The molecule has 1 amide bonds. The Morgan fingerprint density at radius 1 is 1.38 bits per heavy atom. The maximum absolute atomic E-state index is 13.3. The van der Waals surface area contributed by atoms with Crippen molar-refractivity contribution in [3.8, 4) is 0 Å². The second kappa shape index (κ2) is 8.31. The van der Waals surface area contributed by atoms with Gasteiger partial charge in [0, 0.05) is 49.9 Å². The summed E-state index contributed by atoms with van der Waals surface area (Å²) >= 11 is 0. The fourth-order valence-electron chi connectivity index (χ4n) is 4.22. The summed E-state index contributed by atoms with van der Waals surface area (Å²) in [6, 6.07) is 5.47. The van der Waals surface area contributed by atoms with E-state index in [9.17, 15) is 13.2 Å². The van der Waals surface area contributed by atoms with Gasteiger partial charge in [0.15, 0.2) is 0 Å². The Kier molecular flexibility index (Phi) is 6.35. The topological polar surface area (TPSA) is 91.0 Å². The molecule has 2 aliphatic rings. The standard InChI is InChI=1S/C20H32N4O4S/c1-14-10-23(15(9-22-14)12-28-5)11-19(25)24-13-20(2,3)17-7-6-16(8-18(17)24)29(26,27)21-4/h6-8,14-15,21-22H,9-13H2,1-5H3/t14-,15-/m1/s1. The molecule has 0 spiro atoms. The van der Waals surface area contributed by atoms with Crippen molar-refractivity contribution >= 4 is 21.6 Å². The molecule has 29 heavy (non-hydrogen) atoms. The number of amides is 1. The zero-order valence-corrected chi connectivity index (χ0v) is 18.7. The Bertz CT molecular complexity index is 871. The molecule has 8 nitrogen and oxygen atoms in total. The average Bonchev–Trinajstić information content (AvgIpc) is 2.95. The number of fused-ring (bicyclic) bond motifs is 1. The van der Waals surface area contributed by atoms with Gasteiger partial charge in [0.2, 0.25) is 15.9 Å². The quantitative estimate of drug-likeness (QED) is 0.692. The number of nitrogens with one attached hydrogen (secondary N) is 2. The number of carbonyl (C=O) groups is 1. The normalized spacial score (nSPS) is 24.5. The van der Waals surface area contributed by atoms with E-state index in [1.54, 1.807) is 24.1 Å². The van der Waals surface area contributed by atoms with Gasteiger partial charge in [-0.05, 0) is 31.7 Å². The van der Waals surface area contributed by atoms with E-state index in [0.29, 0.717) is 24.9 Å². The van der Waals surface area contributed by atoms with E-state index in [1.807, 2.05) is 6.07 Å². The highest BCUT2D eigenvalue weighted by atomic mass is 32.2. The first-order chi connectivity index (χ1) is 13.6. The van der Waals surface area contributed by atoms with Gasteiger partial charge < -0.3 is 15.0 Å². The number of sulfonamides is 1. The van der Waals surface area contributed by atoms with Gasteiger partial charge in [-0.15, -0.1) is 0 Å². The van der Waals surface area contributed by atoms with Crippen molar-refractivity contribution in [2.24, 2.45) is 0 Å². The first kappa shape index (κ1) is 22.2. The summed E-state index contributed by atoms with van der Waals surface area (Å²) in [6.45, 7) is 9.15. The van der Waals surface area contributed by atoms with Gasteiger partial charge in [0.1, 0.15) is 0 Å². The van der Waals surface area contributed by atoms with Gasteiger partial charge in [0.05, 0.1) is 18.0 Å². The highest BCUT2D eigenvalue weighted by Crippen LogP contribution is 2.41. The van der Waals surface area contributed by atoms with Crippen LogP contribution in [0.1, 0.15) is 26.3 Å². The number of rotatable bonds is 6. The number of anilines is 1. The Morgan fingerprint density at radius 2 is 2.10 bits per heavy atom. The molecule has 2 aliphatic heterocycles. The number of methoxy groups -OCH3 is 1. The molecule has 3 rings (SSSR count). The SMILES string of the molecule is CNS(=O)(=O)c1ccc2c(c1)N(C(=O)CN1C[C@@H](C)NC[C@@H]1COC)CC2(C)C. The van der Waals surface area contributed by atoms with Crippen LogP contribution in [0.2, 0.25) is 0 Å². The maximum atomic E-state index is 13.3. The zero-order chi connectivity index (χ0) is 21.4. The summed E-state index contributed by atoms with van der Waals surface area (Å²) in [6.07, 6.45) is 0. The predicted octanol–water partition coefficient (Wildman–Crippen LogP) is 0.528. The molecule has 1 fully saturated rings. The fourth-order valence-corrected chi connectivity index (χ4v) is 4.97. The number of hydrogen-bond acceptors (Lipinski definition) is 6. The lowest BCUT2D eigenvalue weighted by Gasteiger charge is -2.39. The molecule has 0 bridgehead atoms. The van der Waals surface area contributed by atoms with Crippen LogP contribution < -0.4 is 14.9 Å². The van der Waals surface area contributed by atoms with Crippen molar-refractivity contribution in [2.45, 2.75) is 43.2 Å². The molecule has 162 valence electrons. The molecule has 9 heteroatoms. The van der Waals surface area contributed by atoms with Crippen LogP contribution in [0, 0.1) is 0 Å². The second-order valence-electron chi connectivity index (χ2n) is 8.60. The lowest BCUT2D eigenvalue weighted by atomic mass is 9.87. The maximum Gasteiger partial charge on any atom is 0.241 e. The highest BCUT2D eigenvalue weighted by Gasteiger charge is 2.39. The van der Waals surface area contributed by atoms with Gasteiger partial charge in [0.25, 0.3) is 0 Å². The van der Waals surface area contributed by atoms with E-state index in [2.05, 4.69) is 35.7 Å². The zero-order valence-electron chi connectivity index (χ0n) is 17.9. The van der Waals surface area contributed by atoms with Crippen molar-refractivity contribution in [3.05, 3.63) is 23.8 Å². The third kappa shape index (κ3) is 4.49. The Labute approximate surface area is 173 Å². The van der Waals surface area contributed by atoms with Crippen LogP contribution >= 0.6 is 0 Å². The molecule has 1 aromatic rings. The highest BCUT2D eigenvalue weighted by molar-refractivity contribution is 7.89. The largest absolute Gasteiger partial charge is 0.383 e. The van der Waals surface area contributed by atoms with Crippen LogP contribution in [0.3, 0.4) is 0 Å². The fraction of sp³-hybridized carbons (Fsp3) is 0.650. The van der Waals surface area contributed by atoms with Crippen LogP contribution in [0.5, 0.6) is 0 Å². The summed E-state index contributed by atoms with van der Waals surface area (Å²) in [7, 11) is -0.526. The van der Waals surface area contributed by atoms with Crippen molar-refractivity contribution in [3.63, 3.8) is 0 Å². The molecular weight excluding hydrogens is 392 g/mol. The van der Waals surface area contributed by atoms with Gasteiger partial charge in [-0.2, -0.15) is 0 Å². The summed E-state index contributed by atoms with van der Waals surface area (Å²) in [5, 5.41) is 3.43. The summed E-state index contributed by atoms with van der Waals surface area (Å²) < 4.78 is 32.2. The molecule has 1 aromatic carbocycles. The molecule has 0 aliphatic carbocycles. The third-order valence-electron chi connectivity index (χ3n) is 5.85. The lowest BCUT2D eigenvalue weighted by Crippen LogP contribution is -2.59. The van der Waals surface area contributed by atoms with E-state index in [1.165, 1.54) is 7.05 Å².